The third-order valence-corrected chi connectivity index (χ3v) is 7.13. The van der Waals surface area contributed by atoms with E-state index in [9.17, 15) is 9.90 Å². The average molecular weight is 409 g/mol. The molecule has 1 aliphatic heterocycles. The highest BCUT2D eigenvalue weighted by molar-refractivity contribution is 6.32. The molecular weight excluding hydrogens is 380 g/mol. The number of hydrogen-bond acceptors (Lipinski definition) is 4. The zero-order valence-corrected chi connectivity index (χ0v) is 17.2. The van der Waals surface area contributed by atoms with Crippen LogP contribution in [0.2, 0.25) is 5.02 Å². The van der Waals surface area contributed by atoms with Crippen molar-refractivity contribution in [1.29, 1.82) is 0 Å². The summed E-state index contributed by atoms with van der Waals surface area (Å²) in [6.45, 7) is 0. The van der Waals surface area contributed by atoms with E-state index >= 15 is 0 Å². The molecule has 2 fully saturated rings. The second-order valence-electron chi connectivity index (χ2n) is 8.35. The lowest BCUT2D eigenvalue weighted by atomic mass is 9.63. The predicted octanol–water partition coefficient (Wildman–Crippen LogP) is 5.52. The van der Waals surface area contributed by atoms with Gasteiger partial charge < -0.3 is 19.3 Å². The van der Waals surface area contributed by atoms with Gasteiger partial charge in [0.25, 0.3) is 6.29 Å². The third-order valence-electron chi connectivity index (χ3n) is 6.84. The van der Waals surface area contributed by atoms with Crippen molar-refractivity contribution in [2.45, 2.75) is 76.1 Å². The molecule has 1 aromatic carbocycles. The van der Waals surface area contributed by atoms with Gasteiger partial charge in [-0.1, -0.05) is 50.1 Å². The number of benzene rings is 1. The molecule has 1 unspecified atom stereocenters. The van der Waals surface area contributed by atoms with Gasteiger partial charge in [-0.2, -0.15) is 0 Å². The smallest absolute Gasteiger partial charge is 0.373 e. The van der Waals surface area contributed by atoms with Gasteiger partial charge in [-0.15, -0.1) is 0 Å². The Bertz CT molecular complexity index is 704. The molecule has 28 heavy (non-hydrogen) atoms. The Morgan fingerprint density at radius 2 is 1.64 bits per heavy atom. The molecule has 0 amide bonds. The Kier molecular flexibility index (Phi) is 5.75. The van der Waals surface area contributed by atoms with Gasteiger partial charge in [0.15, 0.2) is 0 Å². The summed E-state index contributed by atoms with van der Waals surface area (Å²) >= 11 is 6.51. The molecule has 1 heterocycles. The maximum atomic E-state index is 11.9. The van der Waals surface area contributed by atoms with Crippen LogP contribution in [0.1, 0.15) is 69.8 Å². The van der Waals surface area contributed by atoms with E-state index in [4.69, 9.17) is 25.8 Å². The largest absolute Gasteiger partial charge is 0.495 e. The number of rotatable bonds is 4. The molecule has 5 nitrogen and oxygen atoms in total. The van der Waals surface area contributed by atoms with E-state index in [0.29, 0.717) is 16.5 Å². The van der Waals surface area contributed by atoms with Crippen molar-refractivity contribution in [3.05, 3.63) is 22.7 Å². The lowest BCUT2D eigenvalue weighted by Crippen LogP contribution is -2.54. The van der Waals surface area contributed by atoms with Crippen LogP contribution < -0.4 is 9.47 Å². The molecule has 1 aromatic rings. The molecule has 4 rings (SSSR count). The van der Waals surface area contributed by atoms with E-state index in [1.54, 1.807) is 13.2 Å². The topological polar surface area (TPSA) is 65.0 Å². The fourth-order valence-corrected chi connectivity index (χ4v) is 5.84. The quantitative estimate of drug-likeness (QED) is 0.710. The van der Waals surface area contributed by atoms with Crippen LogP contribution in [-0.2, 0) is 15.1 Å². The van der Waals surface area contributed by atoms with Crippen LogP contribution in [0.15, 0.2) is 12.1 Å². The number of halogens is 1. The molecular formula is C22H29ClO5. The first kappa shape index (κ1) is 19.8. The van der Waals surface area contributed by atoms with Gasteiger partial charge in [-0.05, 0) is 43.6 Å². The minimum absolute atomic E-state index is 0.276. The maximum Gasteiger partial charge on any atom is 0.373 e. The van der Waals surface area contributed by atoms with Crippen molar-refractivity contribution >= 4 is 17.6 Å². The normalized spacial score (nSPS) is 25.6. The molecule has 6 heteroatoms. The van der Waals surface area contributed by atoms with E-state index in [1.807, 2.05) is 6.07 Å². The van der Waals surface area contributed by atoms with Crippen molar-refractivity contribution in [2.24, 2.45) is 11.8 Å². The SMILES string of the molecule is COc1cc2c(cc1Cl)C(C1CCCCC1)(C1CCCCC1)OC(C(=O)O)O2. The summed E-state index contributed by atoms with van der Waals surface area (Å²) in [5, 5.41) is 10.3. The molecule has 0 radical (unpaired) electrons. The van der Waals surface area contributed by atoms with Gasteiger partial charge in [-0.25, -0.2) is 4.79 Å². The maximum absolute atomic E-state index is 11.9. The standard InChI is InChI=1S/C22H29ClO5/c1-26-19-13-18-16(12-17(19)23)22(14-8-4-2-5-9-14,15-10-6-3-7-11-15)28-21(27-18)20(24)25/h12-15,21H,2-11H2,1H3,(H,24,25). The molecule has 0 spiro atoms. The van der Waals surface area contributed by atoms with Crippen molar-refractivity contribution in [3.63, 3.8) is 0 Å². The summed E-state index contributed by atoms with van der Waals surface area (Å²) in [5.74, 6) is 0.496. The van der Waals surface area contributed by atoms with Crippen LogP contribution in [0.4, 0.5) is 0 Å². The molecule has 2 aliphatic carbocycles. The summed E-state index contributed by atoms with van der Waals surface area (Å²) < 4.78 is 17.6. The number of methoxy groups -OCH3 is 1. The fraction of sp³-hybridized carbons (Fsp3) is 0.682. The van der Waals surface area contributed by atoms with Crippen LogP contribution >= 0.6 is 11.6 Å². The molecule has 1 N–H and O–H groups in total. The number of carboxylic acids is 1. The first-order valence-electron chi connectivity index (χ1n) is 10.5. The van der Waals surface area contributed by atoms with Crippen molar-refractivity contribution in [1.82, 2.24) is 0 Å². The molecule has 1 atom stereocenters. The molecule has 2 saturated carbocycles. The van der Waals surface area contributed by atoms with Crippen LogP contribution in [-0.4, -0.2) is 24.5 Å². The molecule has 3 aliphatic rings. The predicted molar refractivity (Wildman–Crippen MR) is 106 cm³/mol. The van der Waals surface area contributed by atoms with Crippen molar-refractivity contribution in [2.75, 3.05) is 7.11 Å². The monoisotopic (exact) mass is 408 g/mol. The number of carbonyl (C=O) groups is 1. The first-order chi connectivity index (χ1) is 13.6. The van der Waals surface area contributed by atoms with E-state index < -0.39 is 17.9 Å². The summed E-state index contributed by atoms with van der Waals surface area (Å²) in [4.78, 5) is 11.9. The van der Waals surface area contributed by atoms with Gasteiger partial charge in [0.1, 0.15) is 17.1 Å². The number of hydrogen-bond donors (Lipinski definition) is 1. The highest BCUT2D eigenvalue weighted by Gasteiger charge is 2.55. The van der Waals surface area contributed by atoms with Crippen LogP contribution in [0.25, 0.3) is 0 Å². The van der Waals surface area contributed by atoms with Gasteiger partial charge in [0.05, 0.1) is 12.1 Å². The molecule has 0 bridgehead atoms. The number of aliphatic carboxylic acids is 1. The zero-order valence-electron chi connectivity index (χ0n) is 16.4. The van der Waals surface area contributed by atoms with Gasteiger partial charge in [0, 0.05) is 11.6 Å². The lowest BCUT2D eigenvalue weighted by molar-refractivity contribution is -0.252. The summed E-state index contributed by atoms with van der Waals surface area (Å²) in [6, 6.07) is 3.63. The Hall–Kier alpha value is -1.46. The highest BCUT2D eigenvalue weighted by Crippen LogP contribution is 2.57. The zero-order chi connectivity index (χ0) is 19.7. The third kappa shape index (κ3) is 3.37. The number of ether oxygens (including phenoxy) is 3. The van der Waals surface area contributed by atoms with Crippen molar-refractivity contribution < 1.29 is 24.1 Å². The lowest BCUT2D eigenvalue weighted by Gasteiger charge is -2.52. The van der Waals surface area contributed by atoms with Crippen LogP contribution in [0.5, 0.6) is 11.5 Å². The minimum atomic E-state index is -1.30. The molecule has 0 saturated heterocycles. The average Bonchev–Trinajstić information content (AvgIpc) is 2.73. The highest BCUT2D eigenvalue weighted by atomic mass is 35.5. The van der Waals surface area contributed by atoms with Gasteiger partial charge in [-0.3, -0.25) is 0 Å². The van der Waals surface area contributed by atoms with E-state index in [1.165, 1.54) is 12.8 Å². The molecule has 154 valence electrons. The van der Waals surface area contributed by atoms with Crippen molar-refractivity contribution in [3.8, 4) is 11.5 Å². The van der Waals surface area contributed by atoms with E-state index in [2.05, 4.69) is 0 Å². The van der Waals surface area contributed by atoms with E-state index in [-0.39, 0.29) is 11.8 Å². The first-order valence-corrected chi connectivity index (χ1v) is 10.9. The molecule has 0 aromatic heterocycles. The Morgan fingerprint density at radius 1 is 1.07 bits per heavy atom. The second-order valence-corrected chi connectivity index (χ2v) is 8.76. The van der Waals surface area contributed by atoms with E-state index in [0.717, 1.165) is 56.9 Å². The Morgan fingerprint density at radius 3 is 2.14 bits per heavy atom. The second kappa shape index (κ2) is 8.11. The van der Waals surface area contributed by atoms with Gasteiger partial charge >= 0.3 is 5.97 Å². The van der Waals surface area contributed by atoms with Gasteiger partial charge in [0.2, 0.25) is 0 Å². The minimum Gasteiger partial charge on any atom is -0.495 e. The van der Waals surface area contributed by atoms with Crippen LogP contribution in [0, 0.1) is 11.8 Å². The number of carboxylic acid groups (broad SMARTS) is 1. The Labute approximate surface area is 171 Å². The number of fused-ring (bicyclic) bond motifs is 1. The van der Waals surface area contributed by atoms with Crippen LogP contribution in [0.3, 0.4) is 0 Å². The Balaban J connectivity index is 1.89. The summed E-state index contributed by atoms with van der Waals surface area (Å²) in [7, 11) is 1.55. The summed E-state index contributed by atoms with van der Waals surface area (Å²) in [6.07, 6.45) is 9.96. The summed E-state index contributed by atoms with van der Waals surface area (Å²) in [5.41, 5.74) is 0.252. The fourth-order valence-electron chi connectivity index (χ4n) is 5.60.